The van der Waals surface area contributed by atoms with Gasteiger partial charge in [0.25, 0.3) is 0 Å². The number of aliphatic hydroxyl groups is 1. The normalized spacial score (nSPS) is 11.7. The SMILES string of the molecule is Cc1ccnc(NC(=O)N[C@@H](CO)c2ccccc2)c1. The Morgan fingerprint density at radius 1 is 1.30 bits per heavy atom. The highest BCUT2D eigenvalue weighted by Gasteiger charge is 2.13. The van der Waals surface area contributed by atoms with Gasteiger partial charge in [-0.25, -0.2) is 9.78 Å². The molecule has 0 bridgehead atoms. The summed E-state index contributed by atoms with van der Waals surface area (Å²) in [6.45, 7) is 1.75. The first-order valence-corrected chi connectivity index (χ1v) is 6.35. The molecular formula is C15H17N3O2. The maximum Gasteiger partial charge on any atom is 0.320 e. The first-order valence-electron chi connectivity index (χ1n) is 6.35. The van der Waals surface area contributed by atoms with Crippen LogP contribution >= 0.6 is 0 Å². The molecule has 0 unspecified atom stereocenters. The Morgan fingerprint density at radius 3 is 2.70 bits per heavy atom. The number of anilines is 1. The summed E-state index contributed by atoms with van der Waals surface area (Å²) in [5, 5.41) is 14.7. The second-order valence-electron chi connectivity index (χ2n) is 4.46. The summed E-state index contributed by atoms with van der Waals surface area (Å²) in [6.07, 6.45) is 1.63. The van der Waals surface area contributed by atoms with E-state index >= 15 is 0 Å². The minimum Gasteiger partial charge on any atom is -0.394 e. The van der Waals surface area contributed by atoms with Crippen molar-refractivity contribution in [3.8, 4) is 0 Å². The Morgan fingerprint density at radius 2 is 2.05 bits per heavy atom. The molecule has 5 heteroatoms. The first kappa shape index (κ1) is 14.0. The largest absolute Gasteiger partial charge is 0.394 e. The van der Waals surface area contributed by atoms with Gasteiger partial charge in [-0.15, -0.1) is 0 Å². The summed E-state index contributed by atoms with van der Waals surface area (Å²) in [5.74, 6) is 0.479. The zero-order valence-corrected chi connectivity index (χ0v) is 11.2. The quantitative estimate of drug-likeness (QED) is 0.798. The van der Waals surface area contributed by atoms with Gasteiger partial charge in [0.2, 0.25) is 0 Å². The number of carbonyl (C=O) groups is 1. The van der Waals surface area contributed by atoms with Crippen molar-refractivity contribution in [1.29, 1.82) is 0 Å². The number of pyridine rings is 1. The number of carbonyl (C=O) groups excluding carboxylic acids is 1. The molecule has 20 heavy (non-hydrogen) atoms. The average Bonchev–Trinajstić information content (AvgIpc) is 2.45. The van der Waals surface area contributed by atoms with Crippen molar-refractivity contribution < 1.29 is 9.90 Å². The van der Waals surface area contributed by atoms with E-state index in [1.54, 1.807) is 12.3 Å². The third-order valence-electron chi connectivity index (χ3n) is 2.85. The van der Waals surface area contributed by atoms with Gasteiger partial charge in [-0.2, -0.15) is 0 Å². The van der Waals surface area contributed by atoms with Crippen molar-refractivity contribution in [2.45, 2.75) is 13.0 Å². The predicted molar refractivity (Wildman–Crippen MR) is 77.4 cm³/mol. The van der Waals surface area contributed by atoms with E-state index < -0.39 is 12.1 Å². The van der Waals surface area contributed by atoms with E-state index in [0.717, 1.165) is 11.1 Å². The molecule has 0 aliphatic rings. The second-order valence-corrected chi connectivity index (χ2v) is 4.46. The van der Waals surface area contributed by atoms with E-state index in [4.69, 9.17) is 0 Å². The van der Waals surface area contributed by atoms with Crippen LogP contribution in [0.15, 0.2) is 48.7 Å². The molecule has 0 saturated heterocycles. The smallest absolute Gasteiger partial charge is 0.320 e. The van der Waals surface area contributed by atoms with E-state index in [2.05, 4.69) is 15.6 Å². The molecule has 3 N–H and O–H groups in total. The second kappa shape index (κ2) is 6.68. The van der Waals surface area contributed by atoms with Crippen LogP contribution in [0.1, 0.15) is 17.2 Å². The standard InChI is InChI=1S/C15H17N3O2/c1-11-7-8-16-14(9-11)18-15(20)17-13(10-19)12-5-3-2-4-6-12/h2-9,13,19H,10H2,1H3,(H2,16,17,18,20)/t13-/m0/s1. The number of nitrogens with zero attached hydrogens (tertiary/aromatic N) is 1. The van der Waals surface area contributed by atoms with E-state index in [1.807, 2.05) is 43.3 Å². The topological polar surface area (TPSA) is 74.2 Å². The van der Waals surface area contributed by atoms with Crippen LogP contribution in [-0.2, 0) is 0 Å². The minimum atomic E-state index is -0.444. The van der Waals surface area contributed by atoms with Crippen LogP contribution in [0, 0.1) is 6.92 Å². The lowest BCUT2D eigenvalue weighted by Gasteiger charge is -2.17. The van der Waals surface area contributed by atoms with Crippen molar-refractivity contribution >= 4 is 11.8 Å². The lowest BCUT2D eigenvalue weighted by Crippen LogP contribution is -2.34. The number of benzene rings is 1. The van der Waals surface area contributed by atoms with Crippen molar-refractivity contribution in [3.63, 3.8) is 0 Å². The summed E-state index contributed by atoms with van der Waals surface area (Å²) >= 11 is 0. The number of amides is 2. The molecule has 0 spiro atoms. The van der Waals surface area contributed by atoms with Gasteiger partial charge in [0.15, 0.2) is 0 Å². The van der Waals surface area contributed by atoms with Crippen LogP contribution in [0.2, 0.25) is 0 Å². The summed E-state index contributed by atoms with van der Waals surface area (Å²) in [5.41, 5.74) is 1.86. The van der Waals surface area contributed by atoms with Gasteiger partial charge in [-0.1, -0.05) is 30.3 Å². The molecule has 2 aromatic rings. The van der Waals surface area contributed by atoms with Gasteiger partial charge in [-0.05, 0) is 30.2 Å². The van der Waals surface area contributed by atoms with E-state index in [-0.39, 0.29) is 6.61 Å². The zero-order valence-electron chi connectivity index (χ0n) is 11.2. The molecule has 0 aliphatic heterocycles. The molecule has 2 amide bonds. The number of aryl methyl sites for hydroxylation is 1. The Hall–Kier alpha value is -2.40. The van der Waals surface area contributed by atoms with Crippen LogP contribution in [0.25, 0.3) is 0 Å². The zero-order chi connectivity index (χ0) is 14.4. The highest BCUT2D eigenvalue weighted by Crippen LogP contribution is 2.12. The molecule has 1 heterocycles. The Labute approximate surface area is 117 Å². The van der Waals surface area contributed by atoms with Gasteiger partial charge >= 0.3 is 6.03 Å². The molecule has 0 saturated carbocycles. The summed E-state index contributed by atoms with van der Waals surface area (Å²) in [7, 11) is 0. The molecule has 1 atom stereocenters. The van der Waals surface area contributed by atoms with Gasteiger partial charge in [0, 0.05) is 6.20 Å². The van der Waals surface area contributed by atoms with E-state index in [0.29, 0.717) is 5.82 Å². The Bertz CT molecular complexity index is 572. The van der Waals surface area contributed by atoms with Crippen LogP contribution in [0.3, 0.4) is 0 Å². The third-order valence-corrected chi connectivity index (χ3v) is 2.85. The Kier molecular flexibility index (Phi) is 4.68. The highest BCUT2D eigenvalue weighted by molar-refractivity contribution is 5.88. The molecule has 0 aliphatic carbocycles. The van der Waals surface area contributed by atoms with Gasteiger partial charge in [-0.3, -0.25) is 5.32 Å². The number of hydrogen-bond donors (Lipinski definition) is 3. The van der Waals surface area contributed by atoms with Crippen LogP contribution < -0.4 is 10.6 Å². The lowest BCUT2D eigenvalue weighted by atomic mass is 10.1. The molecule has 0 fully saturated rings. The first-order chi connectivity index (χ1) is 9.69. The molecule has 0 radical (unpaired) electrons. The summed E-state index contributed by atoms with van der Waals surface area (Å²) < 4.78 is 0. The monoisotopic (exact) mass is 271 g/mol. The lowest BCUT2D eigenvalue weighted by molar-refractivity contribution is 0.225. The summed E-state index contributed by atoms with van der Waals surface area (Å²) in [4.78, 5) is 15.9. The van der Waals surface area contributed by atoms with Crippen LogP contribution in [0.5, 0.6) is 0 Å². The number of urea groups is 1. The molecule has 5 nitrogen and oxygen atoms in total. The number of nitrogens with one attached hydrogen (secondary N) is 2. The van der Waals surface area contributed by atoms with E-state index in [9.17, 15) is 9.90 Å². The van der Waals surface area contributed by atoms with Crippen LogP contribution in [-0.4, -0.2) is 22.7 Å². The number of rotatable bonds is 4. The fourth-order valence-corrected chi connectivity index (χ4v) is 1.83. The van der Waals surface area contributed by atoms with Crippen molar-refractivity contribution in [2.24, 2.45) is 0 Å². The molecule has 104 valence electrons. The fraction of sp³-hybridized carbons (Fsp3) is 0.200. The predicted octanol–water partition coefficient (Wildman–Crippen LogP) is 2.25. The molecule has 1 aromatic carbocycles. The minimum absolute atomic E-state index is 0.168. The molecular weight excluding hydrogens is 254 g/mol. The molecule has 2 rings (SSSR count). The fourth-order valence-electron chi connectivity index (χ4n) is 1.83. The van der Waals surface area contributed by atoms with Crippen molar-refractivity contribution in [3.05, 3.63) is 59.8 Å². The summed E-state index contributed by atoms with van der Waals surface area (Å²) in [6, 6.07) is 12.1. The van der Waals surface area contributed by atoms with Gasteiger partial charge in [0.1, 0.15) is 5.82 Å². The number of aromatic nitrogens is 1. The average molecular weight is 271 g/mol. The maximum absolute atomic E-state index is 11.9. The van der Waals surface area contributed by atoms with Crippen LogP contribution in [0.4, 0.5) is 10.6 Å². The van der Waals surface area contributed by atoms with E-state index in [1.165, 1.54) is 0 Å². The molecule has 1 aromatic heterocycles. The number of aliphatic hydroxyl groups excluding tert-OH is 1. The number of hydrogen-bond acceptors (Lipinski definition) is 3. The Balaban J connectivity index is 2.00. The van der Waals surface area contributed by atoms with Gasteiger partial charge < -0.3 is 10.4 Å². The highest BCUT2D eigenvalue weighted by atomic mass is 16.3. The van der Waals surface area contributed by atoms with Gasteiger partial charge in [0.05, 0.1) is 12.6 Å². The van der Waals surface area contributed by atoms with Crippen molar-refractivity contribution in [1.82, 2.24) is 10.3 Å². The maximum atomic E-state index is 11.9. The van der Waals surface area contributed by atoms with Crippen molar-refractivity contribution in [2.75, 3.05) is 11.9 Å². The third kappa shape index (κ3) is 3.80.